The monoisotopic (exact) mass is 335 g/mol. The van der Waals surface area contributed by atoms with E-state index in [1.807, 2.05) is 0 Å². The summed E-state index contributed by atoms with van der Waals surface area (Å²) in [6.07, 6.45) is 0. The van der Waals surface area contributed by atoms with Crippen molar-refractivity contribution in [2.75, 3.05) is 24.8 Å². The summed E-state index contributed by atoms with van der Waals surface area (Å²) >= 11 is 0. The number of ether oxygens (including phenoxy) is 2. The van der Waals surface area contributed by atoms with Crippen molar-refractivity contribution < 1.29 is 24.0 Å². The Hall–Kier alpha value is -2.97. The molecule has 0 saturated heterocycles. The maximum atomic E-state index is 12.1. The SMILES string of the molecule is CCOC(=O)C1=NN(c2ccc([N+](=O)[O-])cc2)CC1C(=O)OCC. The van der Waals surface area contributed by atoms with Crippen LogP contribution in [-0.2, 0) is 19.1 Å². The van der Waals surface area contributed by atoms with Crippen molar-refractivity contribution >= 4 is 29.0 Å². The molecule has 9 nitrogen and oxygen atoms in total. The van der Waals surface area contributed by atoms with Crippen LogP contribution in [0.15, 0.2) is 29.4 Å². The summed E-state index contributed by atoms with van der Waals surface area (Å²) in [4.78, 5) is 34.3. The normalized spacial score (nSPS) is 16.5. The predicted molar refractivity (Wildman–Crippen MR) is 84.6 cm³/mol. The Morgan fingerprint density at radius 3 is 2.42 bits per heavy atom. The molecule has 0 bridgehead atoms. The number of esters is 2. The molecule has 1 aliphatic heterocycles. The molecule has 2 rings (SSSR count). The number of non-ortho nitro benzene ring substituents is 1. The van der Waals surface area contributed by atoms with Crippen molar-refractivity contribution in [1.29, 1.82) is 0 Å². The van der Waals surface area contributed by atoms with Crippen molar-refractivity contribution in [3.05, 3.63) is 34.4 Å². The Labute approximate surface area is 138 Å². The molecule has 1 heterocycles. The minimum absolute atomic E-state index is 0.0337. The van der Waals surface area contributed by atoms with Gasteiger partial charge in [-0.3, -0.25) is 19.9 Å². The minimum Gasteiger partial charge on any atom is -0.465 e. The molecule has 24 heavy (non-hydrogen) atoms. The highest BCUT2D eigenvalue weighted by molar-refractivity contribution is 6.41. The van der Waals surface area contributed by atoms with Crippen LogP contribution in [0.4, 0.5) is 11.4 Å². The highest BCUT2D eigenvalue weighted by Gasteiger charge is 2.39. The Balaban J connectivity index is 2.26. The molecule has 0 N–H and O–H groups in total. The van der Waals surface area contributed by atoms with E-state index < -0.39 is 22.8 Å². The fraction of sp³-hybridized carbons (Fsp3) is 0.400. The lowest BCUT2D eigenvalue weighted by Crippen LogP contribution is -2.33. The van der Waals surface area contributed by atoms with E-state index in [9.17, 15) is 19.7 Å². The van der Waals surface area contributed by atoms with Crippen LogP contribution in [0.3, 0.4) is 0 Å². The molecule has 1 atom stereocenters. The van der Waals surface area contributed by atoms with E-state index in [1.54, 1.807) is 13.8 Å². The third-order valence-electron chi connectivity index (χ3n) is 3.33. The Morgan fingerprint density at radius 1 is 1.25 bits per heavy atom. The lowest BCUT2D eigenvalue weighted by molar-refractivity contribution is -0.384. The van der Waals surface area contributed by atoms with Gasteiger partial charge in [0.25, 0.3) is 5.69 Å². The third kappa shape index (κ3) is 3.67. The second kappa shape index (κ2) is 7.53. The molecule has 0 saturated carbocycles. The van der Waals surface area contributed by atoms with Gasteiger partial charge in [0.2, 0.25) is 0 Å². The number of carbonyl (C=O) groups is 2. The summed E-state index contributed by atoms with van der Waals surface area (Å²) in [5, 5.41) is 16.3. The fourth-order valence-corrected chi connectivity index (χ4v) is 2.23. The van der Waals surface area contributed by atoms with Crippen molar-refractivity contribution in [2.45, 2.75) is 13.8 Å². The van der Waals surface area contributed by atoms with Crippen LogP contribution < -0.4 is 5.01 Å². The summed E-state index contributed by atoms with van der Waals surface area (Å²) in [7, 11) is 0. The van der Waals surface area contributed by atoms with Gasteiger partial charge in [-0.25, -0.2) is 4.79 Å². The number of anilines is 1. The highest BCUT2D eigenvalue weighted by atomic mass is 16.6. The van der Waals surface area contributed by atoms with E-state index in [-0.39, 0.29) is 31.2 Å². The average Bonchev–Trinajstić information content (AvgIpc) is 3.01. The van der Waals surface area contributed by atoms with Crippen LogP contribution in [0.2, 0.25) is 0 Å². The first-order valence-electron chi connectivity index (χ1n) is 7.42. The molecular formula is C15H17N3O6. The first kappa shape index (κ1) is 17.4. The van der Waals surface area contributed by atoms with Crippen LogP contribution >= 0.6 is 0 Å². The van der Waals surface area contributed by atoms with Gasteiger partial charge in [0, 0.05) is 12.1 Å². The van der Waals surface area contributed by atoms with E-state index in [2.05, 4.69) is 5.10 Å². The number of benzene rings is 1. The van der Waals surface area contributed by atoms with E-state index in [4.69, 9.17) is 9.47 Å². The zero-order chi connectivity index (χ0) is 17.7. The summed E-state index contributed by atoms with van der Waals surface area (Å²) in [5.74, 6) is -2.10. The number of nitro groups is 1. The van der Waals surface area contributed by atoms with Gasteiger partial charge in [0.05, 0.1) is 30.4 Å². The van der Waals surface area contributed by atoms with Gasteiger partial charge in [0.1, 0.15) is 5.92 Å². The number of nitrogens with zero attached hydrogens (tertiary/aromatic N) is 3. The Kier molecular flexibility index (Phi) is 5.46. The van der Waals surface area contributed by atoms with Crippen LogP contribution in [-0.4, -0.2) is 42.3 Å². The summed E-state index contributed by atoms with van der Waals surface area (Å²) in [5.41, 5.74) is 0.428. The maximum absolute atomic E-state index is 12.1. The maximum Gasteiger partial charge on any atom is 0.355 e. The number of nitro benzene ring substituents is 1. The fourth-order valence-electron chi connectivity index (χ4n) is 2.23. The predicted octanol–water partition coefficient (Wildman–Crippen LogP) is 1.51. The van der Waals surface area contributed by atoms with Gasteiger partial charge >= 0.3 is 11.9 Å². The largest absolute Gasteiger partial charge is 0.465 e. The number of hydrogen-bond acceptors (Lipinski definition) is 8. The molecule has 0 radical (unpaired) electrons. The molecule has 1 aliphatic rings. The second-order valence-electron chi connectivity index (χ2n) is 4.87. The topological polar surface area (TPSA) is 111 Å². The average molecular weight is 335 g/mol. The number of carbonyl (C=O) groups excluding carboxylic acids is 2. The Morgan fingerprint density at radius 2 is 1.88 bits per heavy atom. The summed E-state index contributed by atoms with van der Waals surface area (Å²) in [6, 6.07) is 5.65. The first-order valence-corrected chi connectivity index (χ1v) is 7.42. The molecule has 0 fully saturated rings. The van der Waals surface area contributed by atoms with Crippen LogP contribution in [0.1, 0.15) is 13.8 Å². The van der Waals surface area contributed by atoms with E-state index >= 15 is 0 Å². The quantitative estimate of drug-likeness (QED) is 0.440. The highest BCUT2D eigenvalue weighted by Crippen LogP contribution is 2.26. The van der Waals surface area contributed by atoms with Gasteiger partial charge in [0.15, 0.2) is 5.71 Å². The molecule has 0 amide bonds. The van der Waals surface area contributed by atoms with Gasteiger partial charge in [-0.2, -0.15) is 5.10 Å². The smallest absolute Gasteiger partial charge is 0.355 e. The zero-order valence-electron chi connectivity index (χ0n) is 13.3. The van der Waals surface area contributed by atoms with Crippen LogP contribution in [0, 0.1) is 16.0 Å². The summed E-state index contributed by atoms with van der Waals surface area (Å²) < 4.78 is 9.90. The van der Waals surface area contributed by atoms with E-state index in [0.717, 1.165) is 0 Å². The number of rotatable bonds is 6. The number of hydrogen-bond donors (Lipinski definition) is 0. The van der Waals surface area contributed by atoms with E-state index in [1.165, 1.54) is 29.3 Å². The molecule has 128 valence electrons. The van der Waals surface area contributed by atoms with Crippen molar-refractivity contribution in [1.82, 2.24) is 0 Å². The van der Waals surface area contributed by atoms with Crippen molar-refractivity contribution in [2.24, 2.45) is 11.0 Å². The zero-order valence-corrected chi connectivity index (χ0v) is 13.3. The van der Waals surface area contributed by atoms with Crippen LogP contribution in [0.5, 0.6) is 0 Å². The second-order valence-corrected chi connectivity index (χ2v) is 4.87. The molecule has 0 aliphatic carbocycles. The van der Waals surface area contributed by atoms with Gasteiger partial charge in [-0.05, 0) is 26.0 Å². The third-order valence-corrected chi connectivity index (χ3v) is 3.33. The van der Waals surface area contributed by atoms with Crippen molar-refractivity contribution in [3.63, 3.8) is 0 Å². The summed E-state index contributed by atoms with van der Waals surface area (Å²) in [6.45, 7) is 3.77. The van der Waals surface area contributed by atoms with Gasteiger partial charge < -0.3 is 9.47 Å². The molecule has 1 aromatic carbocycles. The van der Waals surface area contributed by atoms with Crippen molar-refractivity contribution in [3.8, 4) is 0 Å². The molecule has 1 aromatic rings. The van der Waals surface area contributed by atoms with Gasteiger partial charge in [-0.15, -0.1) is 0 Å². The first-order chi connectivity index (χ1) is 11.5. The molecular weight excluding hydrogens is 318 g/mol. The number of hydrazone groups is 1. The minimum atomic E-state index is -0.862. The van der Waals surface area contributed by atoms with E-state index in [0.29, 0.717) is 5.69 Å². The molecule has 0 aromatic heterocycles. The molecule has 9 heteroatoms. The van der Waals surface area contributed by atoms with Crippen LogP contribution in [0.25, 0.3) is 0 Å². The molecule has 1 unspecified atom stereocenters. The van der Waals surface area contributed by atoms with Gasteiger partial charge in [-0.1, -0.05) is 0 Å². The Bertz CT molecular complexity index is 670. The standard InChI is InChI=1S/C15H17N3O6/c1-3-23-14(19)12-9-17(16-13(12)15(20)24-4-2)10-5-7-11(8-6-10)18(21)22/h5-8,12H,3-4,9H2,1-2H3. The molecule has 0 spiro atoms. The lowest BCUT2D eigenvalue weighted by atomic mass is 10.0. The lowest BCUT2D eigenvalue weighted by Gasteiger charge is -2.15.